The van der Waals surface area contributed by atoms with Gasteiger partial charge in [-0.05, 0) is 40.5 Å². The van der Waals surface area contributed by atoms with E-state index in [1.54, 1.807) is 19.4 Å². The SMILES string of the molecule is COc1ccc(C(Nc2ccn(CC[C@@H](CP(=O)(OC)OC)OC(=O)[C@@H](Cc3ccccc3)OC)c(=O)n2)(c2ccccc2)c2ccccc2)cc1. The fourth-order valence-electron chi connectivity index (χ4n) is 6.07. The van der Waals surface area contributed by atoms with Crippen LogP contribution >= 0.6 is 7.60 Å². The van der Waals surface area contributed by atoms with Gasteiger partial charge < -0.3 is 28.6 Å². The molecule has 0 aliphatic heterocycles. The highest BCUT2D eigenvalue weighted by Gasteiger charge is 2.37. The zero-order valence-electron chi connectivity index (χ0n) is 29.7. The first-order valence-electron chi connectivity index (χ1n) is 16.8. The van der Waals surface area contributed by atoms with Gasteiger partial charge in [0.1, 0.15) is 23.2 Å². The quantitative estimate of drug-likeness (QED) is 0.0592. The summed E-state index contributed by atoms with van der Waals surface area (Å²) in [7, 11) is 2.00. The maximum atomic E-state index is 13.6. The number of aryl methyl sites for hydroxylation is 1. The molecule has 0 amide bonds. The summed E-state index contributed by atoms with van der Waals surface area (Å²) in [5, 5.41) is 3.60. The van der Waals surface area contributed by atoms with E-state index in [1.807, 2.05) is 115 Å². The minimum atomic E-state index is -3.60. The highest BCUT2D eigenvalue weighted by molar-refractivity contribution is 7.53. The Kier molecular flexibility index (Phi) is 13.2. The zero-order valence-corrected chi connectivity index (χ0v) is 30.6. The van der Waals surface area contributed by atoms with Gasteiger partial charge >= 0.3 is 19.3 Å². The predicted octanol–water partition coefficient (Wildman–Crippen LogP) is 6.70. The van der Waals surface area contributed by atoms with E-state index in [9.17, 15) is 14.2 Å². The molecule has 0 radical (unpaired) electrons. The van der Waals surface area contributed by atoms with Crippen molar-refractivity contribution in [2.24, 2.45) is 0 Å². The van der Waals surface area contributed by atoms with E-state index in [2.05, 4.69) is 10.3 Å². The molecule has 1 aromatic heterocycles. The number of ether oxygens (including phenoxy) is 3. The summed E-state index contributed by atoms with van der Waals surface area (Å²) in [6, 6.07) is 38.8. The number of benzene rings is 4. The smallest absolute Gasteiger partial charge is 0.349 e. The van der Waals surface area contributed by atoms with Gasteiger partial charge in [-0.15, -0.1) is 0 Å². The van der Waals surface area contributed by atoms with Crippen LogP contribution in [0, 0.1) is 0 Å². The predicted molar refractivity (Wildman–Crippen MR) is 200 cm³/mol. The average Bonchev–Trinajstić information content (AvgIpc) is 3.19. The van der Waals surface area contributed by atoms with Gasteiger partial charge in [0.2, 0.25) is 0 Å². The molecule has 0 aliphatic rings. The van der Waals surface area contributed by atoms with Gasteiger partial charge in [-0.2, -0.15) is 4.98 Å². The number of esters is 1. The van der Waals surface area contributed by atoms with Crippen molar-refractivity contribution >= 4 is 19.4 Å². The first kappa shape index (κ1) is 38.2. The molecule has 0 saturated heterocycles. The van der Waals surface area contributed by atoms with Crippen LogP contribution in [-0.4, -0.2) is 62.3 Å². The van der Waals surface area contributed by atoms with Crippen LogP contribution in [-0.2, 0) is 46.4 Å². The molecule has 5 rings (SSSR count). The Balaban J connectivity index is 1.42. The molecule has 2 atom stereocenters. The summed E-state index contributed by atoms with van der Waals surface area (Å²) < 4.78 is 41.6. The van der Waals surface area contributed by atoms with E-state index >= 15 is 0 Å². The normalized spacial score (nSPS) is 12.8. The maximum Gasteiger partial charge on any atom is 0.349 e. The van der Waals surface area contributed by atoms with Gasteiger partial charge in [-0.1, -0.05) is 103 Å². The van der Waals surface area contributed by atoms with Crippen LogP contribution in [0.4, 0.5) is 5.82 Å². The van der Waals surface area contributed by atoms with Crippen LogP contribution in [0.15, 0.2) is 132 Å². The van der Waals surface area contributed by atoms with Crippen molar-refractivity contribution in [2.45, 2.75) is 37.1 Å². The second-order valence-electron chi connectivity index (χ2n) is 12.0. The summed E-state index contributed by atoms with van der Waals surface area (Å²) in [4.78, 5) is 31.3. The summed E-state index contributed by atoms with van der Waals surface area (Å²) >= 11 is 0. The molecule has 0 bridgehead atoms. The molecule has 0 unspecified atom stereocenters. The van der Waals surface area contributed by atoms with Gasteiger partial charge in [0.25, 0.3) is 0 Å². The molecule has 272 valence electrons. The molecule has 0 fully saturated rings. The highest BCUT2D eigenvalue weighted by atomic mass is 31.2. The van der Waals surface area contributed by atoms with Crippen LogP contribution in [0.2, 0.25) is 0 Å². The lowest BCUT2D eigenvalue weighted by molar-refractivity contribution is -0.160. The van der Waals surface area contributed by atoms with E-state index in [0.717, 1.165) is 22.3 Å². The fraction of sp³-hybridized carbons (Fsp3) is 0.275. The molecule has 52 heavy (non-hydrogen) atoms. The number of nitrogens with one attached hydrogen (secondary N) is 1. The van der Waals surface area contributed by atoms with Crippen molar-refractivity contribution in [1.82, 2.24) is 9.55 Å². The lowest BCUT2D eigenvalue weighted by Gasteiger charge is -2.37. The van der Waals surface area contributed by atoms with Crippen molar-refractivity contribution in [2.75, 3.05) is 39.9 Å². The zero-order chi connectivity index (χ0) is 37.0. The summed E-state index contributed by atoms with van der Waals surface area (Å²) in [6.45, 7) is 0.106. The molecule has 5 aromatic rings. The summed E-state index contributed by atoms with van der Waals surface area (Å²) in [6.07, 6.45) is 0.0116. The van der Waals surface area contributed by atoms with Gasteiger partial charge in [-0.25, -0.2) is 9.59 Å². The molecule has 11 nitrogen and oxygen atoms in total. The van der Waals surface area contributed by atoms with Crippen LogP contribution in [0.3, 0.4) is 0 Å². The Labute approximate surface area is 304 Å². The lowest BCUT2D eigenvalue weighted by atomic mass is 9.77. The van der Waals surface area contributed by atoms with Crippen molar-refractivity contribution in [3.05, 3.63) is 160 Å². The minimum Gasteiger partial charge on any atom is -0.497 e. The molecule has 0 spiro atoms. The topological polar surface area (TPSA) is 127 Å². The number of methoxy groups -OCH3 is 2. The number of nitrogens with zero attached hydrogens (tertiary/aromatic N) is 2. The Hall–Kier alpha value is -5.06. The number of carbonyl (C=O) groups is 1. The van der Waals surface area contributed by atoms with Crippen molar-refractivity contribution in [3.63, 3.8) is 0 Å². The third kappa shape index (κ3) is 9.23. The molecule has 0 saturated carbocycles. The van der Waals surface area contributed by atoms with Crippen molar-refractivity contribution in [3.8, 4) is 5.75 Å². The average molecular weight is 726 g/mol. The monoisotopic (exact) mass is 725 g/mol. The molecule has 1 N–H and O–H groups in total. The molecule has 12 heteroatoms. The van der Waals surface area contributed by atoms with Crippen LogP contribution < -0.4 is 15.7 Å². The third-order valence-corrected chi connectivity index (χ3v) is 10.9. The standard InChI is InChI=1S/C40H44N3O8P/c1-47-34-22-20-33(21-23-34)40(31-16-10-6-11-17-31,32-18-12-7-13-19-32)42-37-25-27-43(39(45)41-37)26-24-35(29-52(46,49-3)50-4)51-38(44)36(48-2)28-30-14-8-5-9-15-30/h5-23,25,27,35-36H,24,26,28-29H2,1-4H3,(H,41,42,45)/t35-,36+/m0/s1. The minimum absolute atomic E-state index is 0.106. The second kappa shape index (κ2) is 17.9. The van der Waals surface area contributed by atoms with Gasteiger partial charge in [0.05, 0.1) is 13.3 Å². The fourth-order valence-corrected chi connectivity index (χ4v) is 7.27. The summed E-state index contributed by atoms with van der Waals surface area (Å²) in [5.74, 6) is 0.432. The Morgan fingerprint density at radius 1 is 0.788 bits per heavy atom. The first-order chi connectivity index (χ1) is 25.2. The van der Waals surface area contributed by atoms with Crippen LogP contribution in [0.25, 0.3) is 0 Å². The van der Waals surface area contributed by atoms with E-state index in [-0.39, 0.29) is 25.5 Å². The maximum absolute atomic E-state index is 13.6. The number of hydrogen-bond donors (Lipinski definition) is 1. The third-order valence-electron chi connectivity index (χ3n) is 8.90. The van der Waals surface area contributed by atoms with Crippen molar-refractivity contribution < 1.29 is 32.6 Å². The van der Waals surface area contributed by atoms with E-state index in [0.29, 0.717) is 11.6 Å². The van der Waals surface area contributed by atoms with Gasteiger partial charge in [-0.3, -0.25) is 9.13 Å². The lowest BCUT2D eigenvalue weighted by Crippen LogP contribution is -2.39. The summed E-state index contributed by atoms with van der Waals surface area (Å²) in [5.41, 5.74) is 2.21. The number of anilines is 1. The molecular formula is C40H44N3O8P. The first-order valence-corrected chi connectivity index (χ1v) is 18.6. The van der Waals surface area contributed by atoms with E-state index < -0.39 is 37.0 Å². The van der Waals surface area contributed by atoms with Crippen molar-refractivity contribution in [1.29, 1.82) is 0 Å². The number of hydrogen-bond acceptors (Lipinski definition) is 10. The largest absolute Gasteiger partial charge is 0.497 e. The van der Waals surface area contributed by atoms with Gasteiger partial charge in [0, 0.05) is 46.9 Å². The van der Waals surface area contributed by atoms with Crippen LogP contribution in [0.1, 0.15) is 28.7 Å². The van der Waals surface area contributed by atoms with Gasteiger partial charge in [0.15, 0.2) is 6.10 Å². The molecule has 4 aromatic carbocycles. The Morgan fingerprint density at radius 2 is 1.35 bits per heavy atom. The van der Waals surface area contributed by atoms with E-state index in [4.69, 9.17) is 23.3 Å². The highest BCUT2D eigenvalue weighted by Crippen LogP contribution is 2.47. The Bertz CT molecular complexity index is 1930. The van der Waals surface area contributed by atoms with E-state index in [1.165, 1.54) is 25.9 Å². The van der Waals surface area contributed by atoms with Crippen LogP contribution in [0.5, 0.6) is 5.75 Å². The molecular weight excluding hydrogens is 681 g/mol. The number of carbonyl (C=O) groups excluding carboxylic acids is 1. The molecule has 0 aliphatic carbocycles. The number of aromatic nitrogens is 2. The Morgan fingerprint density at radius 3 is 1.87 bits per heavy atom. The second-order valence-corrected chi connectivity index (χ2v) is 14.4. The number of rotatable bonds is 18. The molecule has 1 heterocycles.